The van der Waals surface area contributed by atoms with Crippen molar-refractivity contribution >= 4 is 46.4 Å². The normalized spacial score (nSPS) is 15.0. The van der Waals surface area contributed by atoms with Crippen LogP contribution in [0.3, 0.4) is 0 Å². The number of nitrogens with zero attached hydrogens (tertiary/aromatic N) is 2. The summed E-state index contributed by atoms with van der Waals surface area (Å²) in [6.45, 7) is 1.88. The minimum atomic E-state index is -0.741. The lowest BCUT2D eigenvalue weighted by atomic mass is 10.2. The number of alkyl halides is 2. The zero-order valence-electron chi connectivity index (χ0n) is 7.81. The van der Waals surface area contributed by atoms with Crippen LogP contribution in [0.15, 0.2) is 11.0 Å². The maximum atomic E-state index is 11.6. The molecule has 0 N–H and O–H groups in total. The van der Waals surface area contributed by atoms with Gasteiger partial charge in [-0.3, -0.25) is 4.79 Å². The molecule has 1 unspecified atom stereocenters. The lowest BCUT2D eigenvalue weighted by Gasteiger charge is -2.18. The van der Waals surface area contributed by atoms with E-state index < -0.39 is 10.4 Å². The highest BCUT2D eigenvalue weighted by atomic mass is 35.5. The molecule has 0 bridgehead atoms. The Morgan fingerprint density at radius 1 is 1.53 bits per heavy atom. The van der Waals surface area contributed by atoms with Crippen LogP contribution < -0.4 is 5.56 Å². The molecular weight excluding hydrogens is 282 g/mol. The van der Waals surface area contributed by atoms with Crippen molar-refractivity contribution in [2.24, 2.45) is 0 Å². The molecule has 0 aromatic carbocycles. The highest BCUT2D eigenvalue weighted by molar-refractivity contribution is 6.41. The maximum absolute atomic E-state index is 11.6. The van der Waals surface area contributed by atoms with Crippen molar-refractivity contribution in [3.8, 4) is 0 Å². The highest BCUT2D eigenvalue weighted by Crippen LogP contribution is 2.19. The molecule has 0 fully saturated rings. The van der Waals surface area contributed by atoms with E-state index in [0.29, 0.717) is 0 Å². The fraction of sp³-hybridized carbons (Fsp3) is 0.500. The summed E-state index contributed by atoms with van der Waals surface area (Å²) >= 11 is 22.9. The van der Waals surface area contributed by atoms with E-state index in [-0.39, 0.29) is 22.5 Å². The lowest BCUT2D eigenvalue weighted by molar-refractivity contribution is 0.493. The SMILES string of the molecule is CC(Cl)(CCl)Cn1ncc(Cl)c(Cl)c1=O. The van der Waals surface area contributed by atoms with Crippen LogP contribution in [0.4, 0.5) is 0 Å². The van der Waals surface area contributed by atoms with Crippen molar-refractivity contribution < 1.29 is 0 Å². The van der Waals surface area contributed by atoms with Crippen molar-refractivity contribution in [3.05, 3.63) is 26.6 Å². The number of hydrogen-bond donors (Lipinski definition) is 0. The Kier molecular flexibility index (Phi) is 4.29. The van der Waals surface area contributed by atoms with Gasteiger partial charge < -0.3 is 0 Å². The average Bonchev–Trinajstić information content (AvgIpc) is 2.19. The Morgan fingerprint density at radius 3 is 2.67 bits per heavy atom. The zero-order chi connectivity index (χ0) is 11.6. The molecule has 0 aliphatic rings. The van der Waals surface area contributed by atoms with E-state index in [0.717, 1.165) is 4.68 Å². The van der Waals surface area contributed by atoms with Crippen LogP contribution in [0.5, 0.6) is 0 Å². The summed E-state index contributed by atoms with van der Waals surface area (Å²) in [5.41, 5.74) is -0.471. The van der Waals surface area contributed by atoms with Crippen LogP contribution in [0.25, 0.3) is 0 Å². The second kappa shape index (κ2) is 4.91. The fourth-order valence-electron chi connectivity index (χ4n) is 0.912. The van der Waals surface area contributed by atoms with Gasteiger partial charge in [0.2, 0.25) is 0 Å². The highest BCUT2D eigenvalue weighted by Gasteiger charge is 2.22. The maximum Gasteiger partial charge on any atom is 0.287 e. The van der Waals surface area contributed by atoms with Gasteiger partial charge in [0.15, 0.2) is 0 Å². The van der Waals surface area contributed by atoms with Gasteiger partial charge in [0.25, 0.3) is 5.56 Å². The van der Waals surface area contributed by atoms with Gasteiger partial charge >= 0.3 is 0 Å². The minimum Gasteiger partial charge on any atom is -0.266 e. The van der Waals surface area contributed by atoms with Gasteiger partial charge in [0.1, 0.15) is 5.02 Å². The topological polar surface area (TPSA) is 34.9 Å². The molecular formula is C8H8Cl4N2O. The van der Waals surface area contributed by atoms with Crippen LogP contribution in [0.2, 0.25) is 10.0 Å². The summed E-state index contributed by atoms with van der Waals surface area (Å²) in [6, 6.07) is 0. The number of rotatable bonds is 3. The smallest absolute Gasteiger partial charge is 0.266 e. The van der Waals surface area contributed by atoms with E-state index in [2.05, 4.69) is 5.10 Å². The first-order chi connectivity index (χ1) is 6.87. The van der Waals surface area contributed by atoms with Crippen molar-refractivity contribution in [2.75, 3.05) is 5.88 Å². The minimum absolute atomic E-state index is 0.0614. The molecule has 3 nitrogen and oxygen atoms in total. The summed E-state index contributed by atoms with van der Waals surface area (Å²) in [7, 11) is 0. The molecule has 0 aliphatic carbocycles. The Morgan fingerprint density at radius 2 is 2.13 bits per heavy atom. The number of halogens is 4. The predicted molar refractivity (Wildman–Crippen MR) is 63.5 cm³/mol. The van der Waals surface area contributed by atoms with Crippen molar-refractivity contribution in [1.29, 1.82) is 0 Å². The average molecular weight is 290 g/mol. The summed E-state index contributed by atoms with van der Waals surface area (Å²) in [4.78, 5) is 10.8. The largest absolute Gasteiger partial charge is 0.287 e. The Bertz CT molecular complexity index is 416. The van der Waals surface area contributed by atoms with Gasteiger partial charge in [-0.25, -0.2) is 4.68 Å². The van der Waals surface area contributed by atoms with Crippen LogP contribution in [-0.4, -0.2) is 20.5 Å². The van der Waals surface area contributed by atoms with Crippen LogP contribution in [0, 0.1) is 0 Å². The molecule has 1 heterocycles. The van der Waals surface area contributed by atoms with E-state index in [1.807, 2.05) is 0 Å². The lowest BCUT2D eigenvalue weighted by Crippen LogP contribution is -2.34. The molecule has 0 spiro atoms. The summed E-state index contributed by atoms with van der Waals surface area (Å²) in [5.74, 6) is 0.197. The monoisotopic (exact) mass is 288 g/mol. The van der Waals surface area contributed by atoms with Crippen molar-refractivity contribution in [2.45, 2.75) is 18.3 Å². The fourth-order valence-corrected chi connectivity index (χ4v) is 1.38. The van der Waals surface area contributed by atoms with Gasteiger partial charge in [-0.05, 0) is 6.92 Å². The first-order valence-electron chi connectivity index (χ1n) is 4.03. The van der Waals surface area contributed by atoms with E-state index >= 15 is 0 Å². The molecule has 0 saturated carbocycles. The van der Waals surface area contributed by atoms with Gasteiger partial charge in [-0.2, -0.15) is 5.10 Å². The molecule has 0 radical (unpaired) electrons. The summed E-state index contributed by atoms with van der Waals surface area (Å²) in [5, 5.41) is 3.88. The van der Waals surface area contributed by atoms with E-state index in [4.69, 9.17) is 46.4 Å². The molecule has 0 amide bonds. The van der Waals surface area contributed by atoms with Crippen LogP contribution >= 0.6 is 46.4 Å². The van der Waals surface area contributed by atoms with Gasteiger partial charge in [-0.15, -0.1) is 23.2 Å². The summed E-state index contributed by atoms with van der Waals surface area (Å²) < 4.78 is 1.14. The number of hydrogen-bond acceptors (Lipinski definition) is 2. The molecule has 1 aromatic heterocycles. The van der Waals surface area contributed by atoms with Gasteiger partial charge in [0.05, 0.1) is 22.6 Å². The quantitative estimate of drug-likeness (QED) is 0.802. The van der Waals surface area contributed by atoms with Crippen LogP contribution in [0.1, 0.15) is 6.92 Å². The Labute approximate surface area is 107 Å². The second-order valence-electron chi connectivity index (χ2n) is 3.32. The van der Waals surface area contributed by atoms with E-state index in [1.165, 1.54) is 6.20 Å². The predicted octanol–water partition coefficient (Wildman–Crippen LogP) is 2.79. The summed E-state index contributed by atoms with van der Waals surface area (Å²) in [6.07, 6.45) is 1.30. The standard InChI is InChI=1S/C8H8Cl4N2O/c1-8(12,3-9)4-14-7(15)6(11)5(10)2-13-14/h2H,3-4H2,1H3. The third-order valence-electron chi connectivity index (χ3n) is 1.70. The third kappa shape index (κ3) is 3.25. The van der Waals surface area contributed by atoms with Crippen LogP contribution in [-0.2, 0) is 6.54 Å². The van der Waals surface area contributed by atoms with Gasteiger partial charge in [0, 0.05) is 5.88 Å². The first kappa shape index (κ1) is 13.1. The van der Waals surface area contributed by atoms with Gasteiger partial charge in [-0.1, -0.05) is 23.2 Å². The third-order valence-corrected chi connectivity index (χ3v) is 3.43. The molecule has 7 heteroatoms. The molecule has 84 valence electrons. The molecule has 1 rings (SSSR count). The molecule has 1 atom stereocenters. The van der Waals surface area contributed by atoms with E-state index in [9.17, 15) is 4.79 Å². The second-order valence-corrected chi connectivity index (χ2v) is 5.28. The molecule has 0 saturated heterocycles. The Hall–Kier alpha value is 0.0400. The first-order valence-corrected chi connectivity index (χ1v) is 5.70. The molecule has 15 heavy (non-hydrogen) atoms. The Balaban J connectivity index is 3.08. The van der Waals surface area contributed by atoms with E-state index in [1.54, 1.807) is 6.92 Å². The zero-order valence-corrected chi connectivity index (χ0v) is 10.8. The van der Waals surface area contributed by atoms with Crippen molar-refractivity contribution in [1.82, 2.24) is 9.78 Å². The molecule has 0 aliphatic heterocycles. The van der Waals surface area contributed by atoms with Crippen molar-refractivity contribution in [3.63, 3.8) is 0 Å². The molecule has 1 aromatic rings. The number of aromatic nitrogens is 2.